The first kappa shape index (κ1) is 24.5. The first-order chi connectivity index (χ1) is 12.1. The van der Waals surface area contributed by atoms with Gasteiger partial charge in [0.25, 0.3) is 0 Å². The van der Waals surface area contributed by atoms with Crippen molar-refractivity contribution in [1.82, 2.24) is 9.97 Å². The standard InChI is InChI=1S/C13H14F6N2O.2C2H6/c1-7-6-10(21-11(20-7)13(17,18)19)22-9-4-2-8(3-5-9)12(14,15)16;2*1-2/h6,8-9H,2-5H2,1H3;2*1-2H3. The quantitative estimate of drug-likeness (QED) is 0.553. The molecule has 1 fully saturated rings. The molecule has 0 radical (unpaired) electrons. The molecule has 2 rings (SSSR count). The van der Waals surface area contributed by atoms with Gasteiger partial charge in [0.15, 0.2) is 0 Å². The molecular weight excluding hydrogens is 362 g/mol. The van der Waals surface area contributed by atoms with E-state index < -0.39 is 30.2 Å². The van der Waals surface area contributed by atoms with E-state index in [1.165, 1.54) is 13.0 Å². The van der Waals surface area contributed by atoms with Crippen molar-refractivity contribution in [3.63, 3.8) is 0 Å². The van der Waals surface area contributed by atoms with Gasteiger partial charge in [-0.15, -0.1) is 0 Å². The van der Waals surface area contributed by atoms with Gasteiger partial charge < -0.3 is 4.74 Å². The second-order valence-electron chi connectivity index (χ2n) is 5.30. The zero-order valence-corrected chi connectivity index (χ0v) is 15.6. The van der Waals surface area contributed by atoms with Gasteiger partial charge in [-0.3, -0.25) is 0 Å². The van der Waals surface area contributed by atoms with E-state index in [1.54, 1.807) is 0 Å². The highest BCUT2D eigenvalue weighted by atomic mass is 19.4. The average Bonchev–Trinajstić information content (AvgIpc) is 2.57. The summed E-state index contributed by atoms with van der Waals surface area (Å²) in [6.45, 7) is 9.37. The van der Waals surface area contributed by atoms with Gasteiger partial charge in [-0.2, -0.15) is 31.3 Å². The van der Waals surface area contributed by atoms with Crippen molar-refractivity contribution in [2.45, 2.75) is 78.8 Å². The molecule has 0 aromatic carbocycles. The fourth-order valence-corrected chi connectivity index (χ4v) is 2.41. The molecule has 1 saturated carbocycles. The number of hydrogen-bond donors (Lipinski definition) is 0. The van der Waals surface area contributed by atoms with E-state index >= 15 is 0 Å². The number of ether oxygens (including phenoxy) is 1. The van der Waals surface area contributed by atoms with Gasteiger partial charge >= 0.3 is 12.4 Å². The summed E-state index contributed by atoms with van der Waals surface area (Å²) in [6.07, 6.45) is -9.41. The van der Waals surface area contributed by atoms with Crippen LogP contribution in [0.15, 0.2) is 6.07 Å². The molecule has 9 heteroatoms. The molecule has 0 unspecified atom stereocenters. The highest BCUT2D eigenvalue weighted by Gasteiger charge is 2.42. The van der Waals surface area contributed by atoms with Crippen molar-refractivity contribution in [3.8, 4) is 5.88 Å². The van der Waals surface area contributed by atoms with Crippen LogP contribution in [0.2, 0.25) is 0 Å². The van der Waals surface area contributed by atoms with Crippen LogP contribution in [0.25, 0.3) is 0 Å². The maximum atomic E-state index is 12.6. The van der Waals surface area contributed by atoms with Crippen LogP contribution in [0.5, 0.6) is 5.88 Å². The van der Waals surface area contributed by atoms with Crippen LogP contribution in [0, 0.1) is 12.8 Å². The SMILES string of the molecule is CC.CC.Cc1cc(OC2CCC(C(F)(F)F)CC2)nc(C(F)(F)F)n1. The minimum Gasteiger partial charge on any atom is -0.474 e. The van der Waals surface area contributed by atoms with Crippen LogP contribution in [0.3, 0.4) is 0 Å². The van der Waals surface area contributed by atoms with Gasteiger partial charge in [0.2, 0.25) is 11.7 Å². The predicted molar refractivity (Wildman–Crippen MR) is 86.9 cm³/mol. The molecule has 0 atom stereocenters. The number of halogens is 6. The normalized spacial score (nSPS) is 20.3. The molecule has 0 bridgehead atoms. The molecule has 0 aliphatic heterocycles. The highest BCUT2D eigenvalue weighted by molar-refractivity contribution is 5.17. The van der Waals surface area contributed by atoms with Crippen molar-refractivity contribution in [3.05, 3.63) is 17.6 Å². The number of hydrogen-bond acceptors (Lipinski definition) is 3. The zero-order valence-electron chi connectivity index (χ0n) is 15.6. The summed E-state index contributed by atoms with van der Waals surface area (Å²) in [4.78, 5) is 6.56. The number of rotatable bonds is 2. The Morgan fingerprint density at radius 3 is 1.81 bits per heavy atom. The van der Waals surface area contributed by atoms with Crippen molar-refractivity contribution >= 4 is 0 Å². The third-order valence-electron chi connectivity index (χ3n) is 3.51. The van der Waals surface area contributed by atoms with E-state index in [9.17, 15) is 26.3 Å². The first-order valence-corrected chi connectivity index (χ1v) is 8.72. The summed E-state index contributed by atoms with van der Waals surface area (Å²) in [5.41, 5.74) is 0.0845. The minimum absolute atomic E-state index is 0.0845. The summed E-state index contributed by atoms with van der Waals surface area (Å²) in [6, 6.07) is 1.24. The lowest BCUT2D eigenvalue weighted by molar-refractivity contribution is -0.185. The number of nitrogens with zero attached hydrogens (tertiary/aromatic N) is 2. The van der Waals surface area contributed by atoms with Crippen LogP contribution in [-0.2, 0) is 6.18 Å². The van der Waals surface area contributed by atoms with Crippen LogP contribution in [-0.4, -0.2) is 22.2 Å². The Balaban J connectivity index is 0.00000146. The molecule has 3 nitrogen and oxygen atoms in total. The Kier molecular flexibility index (Phi) is 9.94. The lowest BCUT2D eigenvalue weighted by atomic mass is 9.87. The van der Waals surface area contributed by atoms with E-state index in [0.717, 1.165) is 0 Å². The molecule has 0 saturated heterocycles. The van der Waals surface area contributed by atoms with E-state index in [1.807, 2.05) is 27.7 Å². The summed E-state index contributed by atoms with van der Waals surface area (Å²) >= 11 is 0. The lowest BCUT2D eigenvalue weighted by Crippen LogP contribution is -2.32. The van der Waals surface area contributed by atoms with Gasteiger partial charge in [-0.05, 0) is 32.6 Å². The monoisotopic (exact) mass is 388 g/mol. The van der Waals surface area contributed by atoms with Crippen LogP contribution >= 0.6 is 0 Å². The molecule has 152 valence electrons. The maximum absolute atomic E-state index is 12.6. The van der Waals surface area contributed by atoms with E-state index in [-0.39, 0.29) is 37.3 Å². The van der Waals surface area contributed by atoms with E-state index in [2.05, 4.69) is 9.97 Å². The second-order valence-corrected chi connectivity index (χ2v) is 5.30. The van der Waals surface area contributed by atoms with E-state index in [0.29, 0.717) is 0 Å². The summed E-state index contributed by atoms with van der Waals surface area (Å²) in [5.74, 6) is -2.94. The fourth-order valence-electron chi connectivity index (χ4n) is 2.41. The molecule has 1 aliphatic rings. The smallest absolute Gasteiger partial charge is 0.451 e. The zero-order chi connectivity index (χ0) is 20.5. The summed E-state index contributed by atoms with van der Waals surface area (Å²) in [7, 11) is 0. The van der Waals surface area contributed by atoms with Gasteiger partial charge in [-0.25, -0.2) is 4.98 Å². The third-order valence-corrected chi connectivity index (χ3v) is 3.51. The van der Waals surface area contributed by atoms with Crippen LogP contribution < -0.4 is 4.74 Å². The molecule has 1 heterocycles. The van der Waals surface area contributed by atoms with Gasteiger partial charge in [0, 0.05) is 11.8 Å². The largest absolute Gasteiger partial charge is 0.474 e. The number of aryl methyl sites for hydroxylation is 1. The topological polar surface area (TPSA) is 35.0 Å². The predicted octanol–water partition coefficient (Wildman–Crippen LogP) is 6.36. The third kappa shape index (κ3) is 7.78. The summed E-state index contributed by atoms with van der Waals surface area (Å²) < 4.78 is 80.8. The van der Waals surface area contributed by atoms with Gasteiger partial charge in [0.05, 0.1) is 5.92 Å². The maximum Gasteiger partial charge on any atom is 0.451 e. The Hall–Kier alpha value is -1.54. The Bertz CT molecular complexity index is 523. The first-order valence-electron chi connectivity index (χ1n) is 8.72. The molecule has 0 spiro atoms. The molecule has 26 heavy (non-hydrogen) atoms. The fraction of sp³-hybridized carbons (Fsp3) is 0.765. The van der Waals surface area contributed by atoms with Crippen molar-refractivity contribution < 1.29 is 31.1 Å². The number of alkyl halides is 6. The van der Waals surface area contributed by atoms with Crippen molar-refractivity contribution in [2.24, 2.45) is 5.92 Å². The van der Waals surface area contributed by atoms with Crippen LogP contribution in [0.4, 0.5) is 26.3 Å². The number of aromatic nitrogens is 2. The second kappa shape index (κ2) is 10.6. The summed E-state index contributed by atoms with van der Waals surface area (Å²) in [5, 5.41) is 0. The molecule has 1 aromatic rings. The van der Waals surface area contributed by atoms with Crippen molar-refractivity contribution in [1.29, 1.82) is 0 Å². The Labute approximate surface area is 150 Å². The molecule has 1 aromatic heterocycles. The minimum atomic E-state index is -4.70. The lowest BCUT2D eigenvalue weighted by Gasteiger charge is -2.29. The van der Waals surface area contributed by atoms with Gasteiger partial charge in [0.1, 0.15) is 6.10 Å². The average molecular weight is 388 g/mol. The van der Waals surface area contributed by atoms with Crippen molar-refractivity contribution in [2.75, 3.05) is 0 Å². The molecule has 0 amide bonds. The van der Waals surface area contributed by atoms with Gasteiger partial charge in [-0.1, -0.05) is 27.7 Å². The molecule has 0 N–H and O–H groups in total. The van der Waals surface area contributed by atoms with E-state index in [4.69, 9.17) is 4.74 Å². The highest BCUT2D eigenvalue weighted by Crippen LogP contribution is 2.38. The Morgan fingerprint density at radius 2 is 1.38 bits per heavy atom. The Morgan fingerprint density at radius 1 is 0.885 bits per heavy atom. The van der Waals surface area contributed by atoms with Crippen LogP contribution in [0.1, 0.15) is 64.9 Å². The molecule has 1 aliphatic carbocycles. The molecular formula is C17H26F6N2O.